The van der Waals surface area contributed by atoms with E-state index in [-0.39, 0.29) is 5.69 Å². The number of hydrogen-bond acceptors (Lipinski definition) is 4. The van der Waals surface area contributed by atoms with Crippen molar-refractivity contribution in [2.45, 2.75) is 19.8 Å². The van der Waals surface area contributed by atoms with Gasteiger partial charge in [-0.25, -0.2) is 14.8 Å². The zero-order valence-corrected chi connectivity index (χ0v) is 9.00. The van der Waals surface area contributed by atoms with Crippen molar-refractivity contribution in [3.63, 3.8) is 0 Å². The zero-order chi connectivity index (χ0) is 11.7. The number of hydrogen-bond donors (Lipinski definition) is 3. The van der Waals surface area contributed by atoms with E-state index in [4.69, 9.17) is 5.73 Å². The quantitative estimate of drug-likeness (QED) is 0.662. The SMILES string of the molecule is C=C(C)CCc1nc(N)c2[nH]c(=O)[nH]c2n1. The molecule has 84 valence electrons. The van der Waals surface area contributed by atoms with Crippen LogP contribution in [0.15, 0.2) is 16.9 Å². The van der Waals surface area contributed by atoms with Crippen LogP contribution in [0.4, 0.5) is 5.82 Å². The zero-order valence-electron chi connectivity index (χ0n) is 9.00. The minimum atomic E-state index is -0.326. The maximum atomic E-state index is 11.1. The molecule has 2 heterocycles. The Bertz CT molecular complexity index is 595. The van der Waals surface area contributed by atoms with Gasteiger partial charge >= 0.3 is 5.69 Å². The third-order valence-electron chi connectivity index (χ3n) is 2.23. The van der Waals surface area contributed by atoms with Gasteiger partial charge in [-0.2, -0.15) is 0 Å². The topological polar surface area (TPSA) is 100 Å². The van der Waals surface area contributed by atoms with Crippen molar-refractivity contribution in [2.75, 3.05) is 5.73 Å². The highest BCUT2D eigenvalue weighted by atomic mass is 16.1. The van der Waals surface area contributed by atoms with E-state index < -0.39 is 0 Å². The highest BCUT2D eigenvalue weighted by Gasteiger charge is 2.07. The molecular formula is C10H13N5O. The monoisotopic (exact) mass is 219 g/mol. The van der Waals surface area contributed by atoms with Gasteiger partial charge < -0.3 is 10.7 Å². The number of H-pyrrole nitrogens is 2. The first-order chi connectivity index (χ1) is 7.56. The van der Waals surface area contributed by atoms with Gasteiger partial charge in [0.15, 0.2) is 11.5 Å². The molecule has 0 aromatic carbocycles. The predicted molar refractivity (Wildman–Crippen MR) is 62.1 cm³/mol. The van der Waals surface area contributed by atoms with E-state index in [1.807, 2.05) is 6.92 Å². The van der Waals surface area contributed by atoms with E-state index in [1.54, 1.807) is 0 Å². The molecule has 0 fully saturated rings. The number of nitrogens with one attached hydrogen (secondary N) is 2. The summed E-state index contributed by atoms with van der Waals surface area (Å²) >= 11 is 0. The van der Waals surface area contributed by atoms with Crippen LogP contribution in [0, 0.1) is 0 Å². The van der Waals surface area contributed by atoms with Crippen LogP contribution in [0.25, 0.3) is 11.2 Å². The van der Waals surface area contributed by atoms with Crippen LogP contribution in [0.3, 0.4) is 0 Å². The second-order valence-corrected chi connectivity index (χ2v) is 3.78. The highest BCUT2D eigenvalue weighted by molar-refractivity contribution is 5.80. The Labute approximate surface area is 91.6 Å². The minimum Gasteiger partial charge on any atom is -0.382 e. The molecule has 0 unspecified atom stereocenters. The summed E-state index contributed by atoms with van der Waals surface area (Å²) in [5.74, 6) is 0.906. The van der Waals surface area contributed by atoms with E-state index in [1.165, 1.54) is 0 Å². The number of aromatic amines is 2. The third kappa shape index (κ3) is 1.95. The first-order valence-electron chi connectivity index (χ1n) is 4.95. The molecule has 2 aromatic rings. The maximum absolute atomic E-state index is 11.1. The molecule has 4 N–H and O–H groups in total. The van der Waals surface area contributed by atoms with E-state index in [9.17, 15) is 4.79 Å². The summed E-state index contributed by atoms with van der Waals surface area (Å²) in [5, 5.41) is 0. The Kier molecular flexibility index (Phi) is 2.47. The molecule has 0 spiro atoms. The van der Waals surface area contributed by atoms with Gasteiger partial charge in [-0.05, 0) is 13.3 Å². The van der Waals surface area contributed by atoms with Gasteiger partial charge in [0.05, 0.1) is 0 Å². The fourth-order valence-corrected chi connectivity index (χ4v) is 1.43. The van der Waals surface area contributed by atoms with Gasteiger partial charge in [0.1, 0.15) is 11.3 Å². The molecule has 0 saturated heterocycles. The first kappa shape index (κ1) is 10.4. The molecule has 2 aromatic heterocycles. The van der Waals surface area contributed by atoms with Gasteiger partial charge in [-0.15, -0.1) is 6.58 Å². The maximum Gasteiger partial charge on any atom is 0.325 e. The average molecular weight is 219 g/mol. The fraction of sp³-hybridized carbons (Fsp3) is 0.300. The lowest BCUT2D eigenvalue weighted by atomic mass is 10.2. The van der Waals surface area contributed by atoms with Crippen LogP contribution in [0.2, 0.25) is 0 Å². The van der Waals surface area contributed by atoms with Crippen LogP contribution in [-0.4, -0.2) is 19.9 Å². The number of aromatic nitrogens is 4. The van der Waals surface area contributed by atoms with Gasteiger partial charge in [-0.1, -0.05) is 5.57 Å². The normalized spacial score (nSPS) is 10.8. The van der Waals surface area contributed by atoms with E-state index >= 15 is 0 Å². The average Bonchev–Trinajstić information content (AvgIpc) is 2.56. The summed E-state index contributed by atoms with van der Waals surface area (Å²) in [6.07, 6.45) is 1.47. The molecule has 0 aliphatic rings. The molecule has 0 atom stereocenters. The summed E-state index contributed by atoms with van der Waals surface area (Å²) in [6.45, 7) is 5.75. The largest absolute Gasteiger partial charge is 0.382 e. The van der Waals surface area contributed by atoms with Crippen molar-refractivity contribution in [3.05, 3.63) is 28.5 Å². The van der Waals surface area contributed by atoms with E-state index in [2.05, 4.69) is 26.5 Å². The van der Waals surface area contributed by atoms with Crippen molar-refractivity contribution in [1.29, 1.82) is 0 Å². The Hall–Kier alpha value is -2.11. The van der Waals surface area contributed by atoms with Gasteiger partial charge in [0.2, 0.25) is 0 Å². The molecule has 6 nitrogen and oxygen atoms in total. The molecule has 0 radical (unpaired) electrons. The van der Waals surface area contributed by atoms with Crippen LogP contribution in [0.1, 0.15) is 19.2 Å². The summed E-state index contributed by atoms with van der Waals surface area (Å²) in [5.41, 5.74) is 7.36. The third-order valence-corrected chi connectivity index (χ3v) is 2.23. The summed E-state index contributed by atoms with van der Waals surface area (Å²) in [7, 11) is 0. The second-order valence-electron chi connectivity index (χ2n) is 3.78. The lowest BCUT2D eigenvalue weighted by Gasteiger charge is -2.01. The molecule has 0 saturated carbocycles. The molecule has 0 aliphatic heterocycles. The summed E-state index contributed by atoms with van der Waals surface area (Å²) < 4.78 is 0. The number of nitrogens with zero attached hydrogens (tertiary/aromatic N) is 2. The van der Waals surface area contributed by atoms with Crippen LogP contribution in [-0.2, 0) is 6.42 Å². The van der Waals surface area contributed by atoms with Gasteiger partial charge in [-0.3, -0.25) is 4.98 Å². The Morgan fingerprint density at radius 2 is 2.19 bits per heavy atom. The molecular weight excluding hydrogens is 206 g/mol. The molecule has 2 rings (SSSR count). The Balaban J connectivity index is 2.41. The standard InChI is InChI=1S/C10H13N5O/c1-5(2)3-4-6-12-8(11)7-9(13-6)15-10(16)14-7/h1,3-4H2,2H3,(H4,11,12,13,14,15,16). The van der Waals surface area contributed by atoms with Crippen LogP contribution in [0.5, 0.6) is 0 Å². The van der Waals surface area contributed by atoms with Crippen molar-refractivity contribution < 1.29 is 0 Å². The van der Waals surface area contributed by atoms with Crippen LogP contribution >= 0.6 is 0 Å². The molecule has 0 aliphatic carbocycles. The Morgan fingerprint density at radius 1 is 1.44 bits per heavy atom. The van der Waals surface area contributed by atoms with Crippen molar-refractivity contribution in [1.82, 2.24) is 19.9 Å². The number of imidazole rings is 1. The lowest BCUT2D eigenvalue weighted by Crippen LogP contribution is -2.01. The minimum absolute atomic E-state index is 0.292. The van der Waals surface area contributed by atoms with Crippen molar-refractivity contribution in [3.8, 4) is 0 Å². The molecule has 6 heteroatoms. The number of aryl methyl sites for hydroxylation is 1. The summed E-state index contributed by atoms with van der Waals surface area (Å²) in [6, 6.07) is 0. The van der Waals surface area contributed by atoms with Crippen molar-refractivity contribution >= 4 is 17.0 Å². The van der Waals surface area contributed by atoms with E-state index in [0.29, 0.717) is 29.2 Å². The summed E-state index contributed by atoms with van der Waals surface area (Å²) in [4.78, 5) is 24.5. The fourth-order valence-electron chi connectivity index (χ4n) is 1.43. The van der Waals surface area contributed by atoms with E-state index in [0.717, 1.165) is 12.0 Å². The highest BCUT2D eigenvalue weighted by Crippen LogP contribution is 2.13. The second kappa shape index (κ2) is 3.80. The number of fused-ring (bicyclic) bond motifs is 1. The van der Waals surface area contributed by atoms with Crippen molar-refractivity contribution in [2.24, 2.45) is 0 Å². The predicted octanol–water partition coefficient (Wildman–Crippen LogP) is 0.737. The number of rotatable bonds is 3. The van der Waals surface area contributed by atoms with Gasteiger partial charge in [0.25, 0.3) is 0 Å². The Morgan fingerprint density at radius 3 is 2.88 bits per heavy atom. The number of nitrogen functional groups attached to an aromatic ring is 1. The lowest BCUT2D eigenvalue weighted by molar-refractivity contribution is 0.862. The molecule has 0 amide bonds. The number of nitrogens with two attached hydrogens (primary N) is 1. The molecule has 16 heavy (non-hydrogen) atoms. The van der Waals surface area contributed by atoms with Crippen LogP contribution < -0.4 is 11.4 Å². The number of anilines is 1. The molecule has 0 bridgehead atoms. The number of allylic oxidation sites excluding steroid dienone is 1. The first-order valence-corrected chi connectivity index (χ1v) is 4.95. The smallest absolute Gasteiger partial charge is 0.325 e. The van der Waals surface area contributed by atoms with Gasteiger partial charge in [0, 0.05) is 6.42 Å².